The molecular formula is C11H17NO6. The van der Waals surface area contributed by atoms with Gasteiger partial charge in [-0.2, -0.15) is 0 Å². The minimum atomic E-state index is -1.47. The van der Waals surface area contributed by atoms with Crippen LogP contribution in [0.15, 0.2) is 0 Å². The smallest absolute Gasteiger partial charge is 0.410 e. The van der Waals surface area contributed by atoms with Crippen LogP contribution in [0.2, 0.25) is 0 Å². The fourth-order valence-electron chi connectivity index (χ4n) is 1.71. The minimum absolute atomic E-state index is 0.0954. The first-order valence-electron chi connectivity index (χ1n) is 5.55. The zero-order valence-corrected chi connectivity index (χ0v) is 10.5. The number of aliphatic carboxylic acids is 2. The zero-order valence-electron chi connectivity index (χ0n) is 10.5. The van der Waals surface area contributed by atoms with Crippen molar-refractivity contribution in [3.8, 4) is 0 Å². The van der Waals surface area contributed by atoms with Gasteiger partial charge in [0.1, 0.15) is 5.60 Å². The standard InChI is InChI=1S/C11H17NO6/c1-11(2,3)18-10(17)12-4-6(5-12)7(8(13)14)9(15)16/h6-7H,4-5H2,1-3H3,(H,13,14)(H,15,16). The van der Waals surface area contributed by atoms with Gasteiger partial charge in [0.05, 0.1) is 0 Å². The molecule has 2 N–H and O–H groups in total. The molecule has 1 heterocycles. The van der Waals surface area contributed by atoms with Crippen molar-refractivity contribution in [2.45, 2.75) is 26.4 Å². The van der Waals surface area contributed by atoms with Crippen LogP contribution in [0.3, 0.4) is 0 Å². The van der Waals surface area contributed by atoms with Crippen LogP contribution in [0, 0.1) is 11.8 Å². The second kappa shape index (κ2) is 4.83. The van der Waals surface area contributed by atoms with Gasteiger partial charge in [-0.05, 0) is 20.8 Å². The second-order valence-electron chi connectivity index (χ2n) is 5.30. The van der Waals surface area contributed by atoms with Gasteiger partial charge >= 0.3 is 18.0 Å². The molecule has 0 aromatic heterocycles. The van der Waals surface area contributed by atoms with Crippen molar-refractivity contribution in [2.75, 3.05) is 13.1 Å². The topological polar surface area (TPSA) is 104 Å². The molecule has 0 bridgehead atoms. The van der Waals surface area contributed by atoms with E-state index in [9.17, 15) is 14.4 Å². The van der Waals surface area contributed by atoms with E-state index in [1.807, 2.05) is 0 Å². The number of ether oxygens (including phenoxy) is 1. The molecule has 1 aliphatic rings. The number of carboxylic acids is 2. The number of rotatable bonds is 3. The highest BCUT2D eigenvalue weighted by Crippen LogP contribution is 2.26. The van der Waals surface area contributed by atoms with E-state index in [2.05, 4.69) is 0 Å². The lowest BCUT2D eigenvalue weighted by Gasteiger charge is -2.41. The molecule has 102 valence electrons. The number of hydrogen-bond donors (Lipinski definition) is 2. The fraction of sp³-hybridized carbons (Fsp3) is 0.727. The third-order valence-electron chi connectivity index (χ3n) is 2.56. The Labute approximate surface area is 104 Å². The third kappa shape index (κ3) is 3.35. The molecule has 1 aliphatic heterocycles. The number of amides is 1. The summed E-state index contributed by atoms with van der Waals surface area (Å²) in [5.41, 5.74) is -0.624. The highest BCUT2D eigenvalue weighted by Gasteiger charge is 2.44. The van der Waals surface area contributed by atoms with Crippen LogP contribution >= 0.6 is 0 Å². The average Bonchev–Trinajstić information content (AvgIpc) is 2.04. The van der Waals surface area contributed by atoms with Crippen molar-refractivity contribution < 1.29 is 29.3 Å². The summed E-state index contributed by atoms with van der Waals surface area (Å²) in [5.74, 6) is -4.79. The van der Waals surface area contributed by atoms with Crippen LogP contribution in [0.4, 0.5) is 4.79 Å². The minimum Gasteiger partial charge on any atom is -0.481 e. The predicted octanol–water partition coefficient (Wildman–Crippen LogP) is 0.639. The summed E-state index contributed by atoms with van der Waals surface area (Å²) in [7, 11) is 0. The third-order valence-corrected chi connectivity index (χ3v) is 2.56. The van der Waals surface area contributed by atoms with Crippen LogP contribution in [-0.4, -0.2) is 51.8 Å². The summed E-state index contributed by atoms with van der Waals surface area (Å²) >= 11 is 0. The van der Waals surface area contributed by atoms with Crippen molar-refractivity contribution in [1.29, 1.82) is 0 Å². The van der Waals surface area contributed by atoms with Crippen LogP contribution in [-0.2, 0) is 14.3 Å². The number of carbonyl (C=O) groups excluding carboxylic acids is 1. The number of carboxylic acid groups (broad SMARTS) is 2. The highest BCUT2D eigenvalue weighted by molar-refractivity contribution is 5.93. The van der Waals surface area contributed by atoms with Gasteiger partial charge in [-0.15, -0.1) is 0 Å². The molecule has 0 atom stereocenters. The maximum atomic E-state index is 11.6. The van der Waals surface area contributed by atoms with E-state index in [1.54, 1.807) is 20.8 Å². The van der Waals surface area contributed by atoms with Crippen LogP contribution < -0.4 is 0 Å². The van der Waals surface area contributed by atoms with Crippen molar-refractivity contribution >= 4 is 18.0 Å². The second-order valence-corrected chi connectivity index (χ2v) is 5.30. The van der Waals surface area contributed by atoms with Crippen molar-refractivity contribution in [2.24, 2.45) is 11.8 Å². The van der Waals surface area contributed by atoms with Crippen LogP contribution in [0.5, 0.6) is 0 Å². The predicted molar refractivity (Wildman–Crippen MR) is 60.1 cm³/mol. The van der Waals surface area contributed by atoms with Crippen molar-refractivity contribution in [3.63, 3.8) is 0 Å². The van der Waals surface area contributed by atoms with Crippen LogP contribution in [0.1, 0.15) is 20.8 Å². The Kier molecular flexibility index (Phi) is 3.83. The number of likely N-dealkylation sites (tertiary alicyclic amines) is 1. The Bertz CT molecular complexity index is 352. The van der Waals surface area contributed by atoms with E-state index < -0.39 is 35.5 Å². The van der Waals surface area contributed by atoms with Gasteiger partial charge in [0.15, 0.2) is 5.92 Å². The first kappa shape index (κ1) is 14.3. The lowest BCUT2D eigenvalue weighted by atomic mass is 9.86. The number of hydrogen-bond acceptors (Lipinski definition) is 4. The van der Waals surface area contributed by atoms with Gasteiger partial charge in [-0.1, -0.05) is 0 Å². The molecule has 0 aliphatic carbocycles. The summed E-state index contributed by atoms with van der Waals surface area (Å²) in [6.45, 7) is 5.36. The van der Waals surface area contributed by atoms with E-state index >= 15 is 0 Å². The zero-order chi connectivity index (χ0) is 14.1. The van der Waals surface area contributed by atoms with Gasteiger partial charge in [-0.3, -0.25) is 9.59 Å². The molecule has 0 radical (unpaired) electrons. The molecule has 0 aromatic carbocycles. The number of carbonyl (C=O) groups is 3. The summed E-state index contributed by atoms with van der Waals surface area (Å²) < 4.78 is 5.08. The molecule has 1 saturated heterocycles. The van der Waals surface area contributed by atoms with Gasteiger partial charge in [-0.25, -0.2) is 4.79 Å². The monoisotopic (exact) mass is 259 g/mol. The first-order valence-corrected chi connectivity index (χ1v) is 5.55. The van der Waals surface area contributed by atoms with E-state index in [0.29, 0.717) is 0 Å². The van der Waals surface area contributed by atoms with Gasteiger partial charge in [0.25, 0.3) is 0 Å². The summed E-state index contributed by atoms with van der Waals surface area (Å²) in [6.07, 6.45) is -0.548. The maximum absolute atomic E-state index is 11.6. The van der Waals surface area contributed by atoms with Crippen LogP contribution in [0.25, 0.3) is 0 Å². The fourth-order valence-corrected chi connectivity index (χ4v) is 1.71. The van der Waals surface area contributed by atoms with E-state index in [-0.39, 0.29) is 13.1 Å². The van der Waals surface area contributed by atoms with Crippen molar-refractivity contribution in [3.05, 3.63) is 0 Å². The molecule has 0 saturated carbocycles. The van der Waals surface area contributed by atoms with E-state index in [4.69, 9.17) is 14.9 Å². The van der Waals surface area contributed by atoms with Gasteiger partial charge in [0, 0.05) is 19.0 Å². The molecule has 7 nitrogen and oxygen atoms in total. The Hall–Kier alpha value is -1.79. The molecule has 1 rings (SSSR count). The summed E-state index contributed by atoms with van der Waals surface area (Å²) in [6, 6.07) is 0. The first-order chi connectivity index (χ1) is 8.11. The van der Waals surface area contributed by atoms with Crippen molar-refractivity contribution in [1.82, 2.24) is 4.90 Å². The van der Waals surface area contributed by atoms with Gasteiger partial charge < -0.3 is 19.8 Å². The Balaban J connectivity index is 2.51. The highest BCUT2D eigenvalue weighted by atomic mass is 16.6. The van der Waals surface area contributed by atoms with Gasteiger partial charge in [0.2, 0.25) is 0 Å². The van der Waals surface area contributed by atoms with E-state index in [0.717, 1.165) is 0 Å². The maximum Gasteiger partial charge on any atom is 0.410 e. The lowest BCUT2D eigenvalue weighted by Crippen LogP contribution is -2.56. The average molecular weight is 259 g/mol. The molecule has 0 spiro atoms. The normalized spacial score (nSPS) is 16.3. The SMILES string of the molecule is CC(C)(C)OC(=O)N1CC(C(C(=O)O)C(=O)O)C1. The molecule has 0 aromatic rings. The number of nitrogens with zero attached hydrogens (tertiary/aromatic N) is 1. The summed E-state index contributed by atoms with van der Waals surface area (Å²) in [4.78, 5) is 34.4. The molecular weight excluding hydrogens is 242 g/mol. The summed E-state index contributed by atoms with van der Waals surface area (Å²) in [5, 5.41) is 17.5. The molecule has 1 fully saturated rings. The molecule has 18 heavy (non-hydrogen) atoms. The Morgan fingerprint density at radius 3 is 1.94 bits per heavy atom. The molecule has 7 heteroatoms. The van der Waals surface area contributed by atoms with E-state index in [1.165, 1.54) is 4.90 Å². The Morgan fingerprint density at radius 2 is 1.61 bits per heavy atom. The molecule has 1 amide bonds. The lowest BCUT2D eigenvalue weighted by molar-refractivity contribution is -0.160. The molecule has 0 unspecified atom stereocenters. The Morgan fingerprint density at radius 1 is 1.17 bits per heavy atom. The largest absolute Gasteiger partial charge is 0.481 e. The quantitative estimate of drug-likeness (QED) is 0.721.